The van der Waals surface area contributed by atoms with Crippen molar-refractivity contribution in [1.29, 1.82) is 0 Å². The summed E-state index contributed by atoms with van der Waals surface area (Å²) in [6.45, 7) is 4.19. The largest absolute Gasteiger partial charge is 0.481 e. The summed E-state index contributed by atoms with van der Waals surface area (Å²) in [5, 5.41) is 9.12. The zero-order valence-electron chi connectivity index (χ0n) is 9.83. The van der Waals surface area contributed by atoms with Crippen molar-refractivity contribution < 1.29 is 19.1 Å². The fourth-order valence-corrected chi connectivity index (χ4v) is 2.21. The van der Waals surface area contributed by atoms with Gasteiger partial charge < -0.3 is 14.3 Å². The maximum absolute atomic E-state index is 11.1. The topological polar surface area (TPSA) is 62.9 Å². The van der Waals surface area contributed by atoms with Gasteiger partial charge in [0, 0.05) is 6.04 Å². The molecule has 1 saturated heterocycles. The average Bonchev–Trinajstić information content (AvgIpc) is 2.96. The molecule has 2 unspecified atom stereocenters. The quantitative estimate of drug-likeness (QED) is 0.836. The van der Waals surface area contributed by atoms with Crippen molar-refractivity contribution in [1.82, 2.24) is 4.90 Å². The molecule has 2 heterocycles. The van der Waals surface area contributed by atoms with E-state index >= 15 is 0 Å². The van der Waals surface area contributed by atoms with Gasteiger partial charge in [-0.15, -0.1) is 0 Å². The highest BCUT2D eigenvalue weighted by molar-refractivity contribution is 5.71. The Labute approximate surface area is 100.0 Å². The van der Waals surface area contributed by atoms with Crippen LogP contribution in [0.5, 0.6) is 0 Å². The summed E-state index contributed by atoms with van der Waals surface area (Å²) in [4.78, 5) is 13.2. The standard InChI is InChI=1S/C12H17NO4/c1-2-13(6-9-4-3-5-17-9)11-8-16-7-10(11)12(14)15/h3-5,10-11H,2,6-8H2,1H3,(H,14,15). The van der Waals surface area contributed by atoms with E-state index in [1.165, 1.54) is 0 Å². The molecule has 0 spiro atoms. The third-order valence-corrected chi connectivity index (χ3v) is 3.18. The van der Waals surface area contributed by atoms with Crippen LogP contribution in [0.1, 0.15) is 12.7 Å². The van der Waals surface area contributed by atoms with Crippen LogP contribution < -0.4 is 0 Å². The predicted octanol–water partition coefficient (Wildman–Crippen LogP) is 1.20. The molecular weight excluding hydrogens is 222 g/mol. The van der Waals surface area contributed by atoms with Crippen LogP contribution in [0.4, 0.5) is 0 Å². The van der Waals surface area contributed by atoms with Crippen LogP contribution in [-0.2, 0) is 16.1 Å². The molecule has 1 aromatic rings. The van der Waals surface area contributed by atoms with E-state index < -0.39 is 11.9 Å². The SMILES string of the molecule is CCN(Cc1ccco1)C1COCC1C(=O)O. The van der Waals surface area contributed by atoms with Crippen LogP contribution in [0.25, 0.3) is 0 Å². The number of carboxylic acid groups (broad SMARTS) is 1. The highest BCUT2D eigenvalue weighted by Gasteiger charge is 2.37. The van der Waals surface area contributed by atoms with Gasteiger partial charge in [-0.2, -0.15) is 0 Å². The van der Waals surface area contributed by atoms with Gasteiger partial charge in [0.2, 0.25) is 0 Å². The number of furan rings is 1. The lowest BCUT2D eigenvalue weighted by atomic mass is 10.0. The molecule has 0 amide bonds. The molecule has 1 aliphatic rings. The van der Waals surface area contributed by atoms with E-state index in [0.29, 0.717) is 19.8 Å². The summed E-state index contributed by atoms with van der Waals surface area (Å²) in [5.74, 6) is -0.377. The van der Waals surface area contributed by atoms with E-state index in [4.69, 9.17) is 14.3 Å². The Morgan fingerprint density at radius 1 is 1.59 bits per heavy atom. The molecule has 1 N–H and O–H groups in total. The van der Waals surface area contributed by atoms with E-state index in [1.807, 2.05) is 19.1 Å². The molecule has 5 nitrogen and oxygen atoms in total. The van der Waals surface area contributed by atoms with Crippen molar-refractivity contribution in [3.8, 4) is 0 Å². The first-order valence-corrected chi connectivity index (χ1v) is 5.79. The maximum Gasteiger partial charge on any atom is 0.310 e. The van der Waals surface area contributed by atoms with Gasteiger partial charge >= 0.3 is 5.97 Å². The van der Waals surface area contributed by atoms with Gasteiger partial charge in [-0.25, -0.2) is 0 Å². The second-order valence-electron chi connectivity index (χ2n) is 4.19. The number of carboxylic acids is 1. The van der Waals surface area contributed by atoms with Crippen LogP contribution in [0, 0.1) is 5.92 Å². The van der Waals surface area contributed by atoms with Crippen LogP contribution in [0.15, 0.2) is 22.8 Å². The summed E-state index contributed by atoms with van der Waals surface area (Å²) in [6.07, 6.45) is 1.63. The average molecular weight is 239 g/mol. The van der Waals surface area contributed by atoms with Crippen molar-refractivity contribution in [2.45, 2.75) is 19.5 Å². The molecule has 94 valence electrons. The lowest BCUT2D eigenvalue weighted by Gasteiger charge is -2.28. The second-order valence-corrected chi connectivity index (χ2v) is 4.19. The maximum atomic E-state index is 11.1. The summed E-state index contributed by atoms with van der Waals surface area (Å²) >= 11 is 0. The molecule has 1 aliphatic heterocycles. The van der Waals surface area contributed by atoms with Crippen LogP contribution >= 0.6 is 0 Å². The summed E-state index contributed by atoms with van der Waals surface area (Å²) in [6, 6.07) is 3.67. The lowest BCUT2D eigenvalue weighted by molar-refractivity contribution is -0.143. The Kier molecular flexibility index (Phi) is 3.81. The molecule has 17 heavy (non-hydrogen) atoms. The summed E-state index contributed by atoms with van der Waals surface area (Å²) in [7, 11) is 0. The molecule has 0 aliphatic carbocycles. The van der Waals surface area contributed by atoms with Crippen LogP contribution in [0.2, 0.25) is 0 Å². The van der Waals surface area contributed by atoms with E-state index in [1.54, 1.807) is 6.26 Å². The first-order valence-electron chi connectivity index (χ1n) is 5.79. The number of aliphatic carboxylic acids is 1. The summed E-state index contributed by atoms with van der Waals surface area (Å²) in [5.41, 5.74) is 0. The van der Waals surface area contributed by atoms with E-state index in [-0.39, 0.29) is 6.04 Å². The van der Waals surface area contributed by atoms with Crippen LogP contribution in [-0.4, -0.2) is 41.8 Å². The molecule has 1 aromatic heterocycles. The van der Waals surface area contributed by atoms with Gasteiger partial charge in [0.15, 0.2) is 0 Å². The number of hydrogen-bond donors (Lipinski definition) is 1. The molecule has 0 aromatic carbocycles. The first kappa shape index (κ1) is 12.1. The minimum absolute atomic E-state index is 0.0670. The van der Waals surface area contributed by atoms with Gasteiger partial charge in [0.25, 0.3) is 0 Å². The Morgan fingerprint density at radius 2 is 2.41 bits per heavy atom. The monoisotopic (exact) mass is 239 g/mol. The first-order chi connectivity index (χ1) is 8.22. The Hall–Kier alpha value is -1.33. The number of likely N-dealkylation sites (N-methyl/N-ethyl adjacent to an activating group) is 1. The molecule has 0 bridgehead atoms. The van der Waals surface area contributed by atoms with Crippen molar-refractivity contribution >= 4 is 5.97 Å². The minimum Gasteiger partial charge on any atom is -0.481 e. The van der Waals surface area contributed by atoms with Gasteiger partial charge in [-0.3, -0.25) is 9.69 Å². The van der Waals surface area contributed by atoms with E-state index in [2.05, 4.69) is 4.90 Å². The number of nitrogens with zero attached hydrogens (tertiary/aromatic N) is 1. The second kappa shape index (κ2) is 5.33. The van der Waals surface area contributed by atoms with Crippen molar-refractivity contribution in [3.63, 3.8) is 0 Å². The third-order valence-electron chi connectivity index (χ3n) is 3.18. The highest BCUT2D eigenvalue weighted by atomic mass is 16.5. The zero-order valence-corrected chi connectivity index (χ0v) is 9.83. The number of hydrogen-bond acceptors (Lipinski definition) is 4. The fraction of sp³-hybridized carbons (Fsp3) is 0.583. The van der Waals surface area contributed by atoms with E-state index in [9.17, 15) is 4.79 Å². The van der Waals surface area contributed by atoms with Gasteiger partial charge in [-0.1, -0.05) is 6.92 Å². The highest BCUT2D eigenvalue weighted by Crippen LogP contribution is 2.21. The van der Waals surface area contributed by atoms with Crippen molar-refractivity contribution in [2.24, 2.45) is 5.92 Å². The summed E-state index contributed by atoms with van der Waals surface area (Å²) < 4.78 is 10.6. The Bertz CT molecular complexity index is 363. The predicted molar refractivity (Wildman–Crippen MR) is 60.5 cm³/mol. The molecule has 1 fully saturated rings. The van der Waals surface area contributed by atoms with Gasteiger partial charge in [-0.05, 0) is 18.7 Å². The molecule has 0 radical (unpaired) electrons. The molecule has 2 rings (SSSR count). The Morgan fingerprint density at radius 3 is 3.00 bits per heavy atom. The number of carbonyl (C=O) groups is 1. The Balaban J connectivity index is 2.04. The van der Waals surface area contributed by atoms with E-state index in [0.717, 1.165) is 12.3 Å². The molecule has 0 saturated carbocycles. The lowest BCUT2D eigenvalue weighted by Crippen LogP contribution is -2.42. The van der Waals surface area contributed by atoms with Crippen molar-refractivity contribution in [3.05, 3.63) is 24.2 Å². The smallest absolute Gasteiger partial charge is 0.310 e. The van der Waals surface area contributed by atoms with Crippen LogP contribution in [0.3, 0.4) is 0 Å². The number of rotatable bonds is 5. The zero-order chi connectivity index (χ0) is 12.3. The minimum atomic E-state index is -0.787. The normalized spacial score (nSPS) is 24.4. The van der Waals surface area contributed by atoms with Crippen molar-refractivity contribution in [2.75, 3.05) is 19.8 Å². The molecule has 5 heteroatoms. The van der Waals surface area contributed by atoms with Gasteiger partial charge in [0.1, 0.15) is 5.76 Å². The molecule has 2 atom stereocenters. The molecular formula is C12H17NO4. The fourth-order valence-electron chi connectivity index (χ4n) is 2.21. The third kappa shape index (κ3) is 2.68. The van der Waals surface area contributed by atoms with Gasteiger partial charge in [0.05, 0.1) is 31.9 Å². The number of ether oxygens (including phenoxy) is 1.